The Balaban J connectivity index is 1.51. The smallest absolute Gasteiger partial charge is 0.324 e. The monoisotopic (exact) mass is 516 g/mol. The summed E-state index contributed by atoms with van der Waals surface area (Å²) < 4.78 is 22.3. The predicted molar refractivity (Wildman–Crippen MR) is 135 cm³/mol. The fraction of sp³-hybridized carbons (Fsp3) is 0.208. The third-order valence-electron chi connectivity index (χ3n) is 4.81. The lowest BCUT2D eigenvalue weighted by Crippen LogP contribution is -2.19. The molecule has 11 heteroatoms. The van der Waals surface area contributed by atoms with Crippen molar-refractivity contribution < 1.29 is 23.5 Å². The second-order valence-electron chi connectivity index (χ2n) is 7.37. The molecule has 0 atom stereocenters. The van der Waals surface area contributed by atoms with E-state index in [1.165, 1.54) is 0 Å². The molecule has 0 unspecified atom stereocenters. The van der Waals surface area contributed by atoms with E-state index < -0.39 is 6.03 Å². The van der Waals surface area contributed by atoms with Gasteiger partial charge in [0.1, 0.15) is 17.3 Å². The van der Waals surface area contributed by atoms with Crippen LogP contribution in [0.15, 0.2) is 53.2 Å². The Bertz CT molecular complexity index is 1340. The number of carbonyl (C=O) groups excluding carboxylic acids is 1. The van der Waals surface area contributed by atoms with Crippen molar-refractivity contribution >= 4 is 51.6 Å². The van der Waals surface area contributed by atoms with Crippen molar-refractivity contribution in [1.82, 2.24) is 10.1 Å². The number of nitrogens with one attached hydrogen (secondary N) is 2. The van der Waals surface area contributed by atoms with E-state index in [2.05, 4.69) is 20.8 Å². The first-order chi connectivity index (χ1) is 17.0. The number of hydrogen-bond donors (Lipinski definition) is 2. The Morgan fingerprint density at radius 3 is 2.66 bits per heavy atom. The highest BCUT2D eigenvalue weighted by atomic mass is 35.5. The Labute approximate surface area is 211 Å². The zero-order valence-electron chi connectivity index (χ0n) is 18.9. The van der Waals surface area contributed by atoms with Gasteiger partial charge in [-0.25, -0.2) is 4.79 Å². The van der Waals surface area contributed by atoms with Crippen LogP contribution < -0.4 is 24.8 Å². The number of rotatable bonds is 9. The first-order valence-electron chi connectivity index (χ1n) is 10.6. The average Bonchev–Trinajstić information content (AvgIpc) is 3.25. The van der Waals surface area contributed by atoms with Gasteiger partial charge in [-0.3, -0.25) is 10.3 Å². The highest BCUT2D eigenvalue weighted by Gasteiger charge is 2.14. The first-order valence-corrected chi connectivity index (χ1v) is 11.5. The third kappa shape index (κ3) is 6.06. The zero-order valence-corrected chi connectivity index (χ0v) is 20.4. The van der Waals surface area contributed by atoms with Crippen LogP contribution in [0.1, 0.15) is 12.2 Å². The van der Waals surface area contributed by atoms with Gasteiger partial charge in [-0.1, -0.05) is 16.8 Å². The lowest BCUT2D eigenvalue weighted by atomic mass is 10.1. The number of hydrogen-bond acceptors (Lipinski definition) is 7. The van der Waals surface area contributed by atoms with E-state index >= 15 is 0 Å². The first kappa shape index (κ1) is 24.4. The molecule has 2 aromatic heterocycles. The van der Waals surface area contributed by atoms with Crippen molar-refractivity contribution in [2.24, 2.45) is 0 Å². The van der Waals surface area contributed by atoms with Crippen molar-refractivity contribution in [3.8, 4) is 23.0 Å². The Hall–Kier alpha value is -3.69. The van der Waals surface area contributed by atoms with Crippen LogP contribution in [0.3, 0.4) is 0 Å². The summed E-state index contributed by atoms with van der Waals surface area (Å²) in [6, 6.07) is 11.4. The van der Waals surface area contributed by atoms with E-state index in [0.717, 1.165) is 5.39 Å². The van der Waals surface area contributed by atoms with Crippen LogP contribution in [0, 0.1) is 6.92 Å². The molecule has 2 heterocycles. The van der Waals surface area contributed by atoms with Crippen LogP contribution in [-0.4, -0.2) is 35.8 Å². The van der Waals surface area contributed by atoms with Crippen LogP contribution in [-0.2, 0) is 0 Å². The number of carbonyl (C=O) groups is 1. The maximum atomic E-state index is 12.2. The fourth-order valence-electron chi connectivity index (χ4n) is 3.21. The lowest BCUT2D eigenvalue weighted by molar-refractivity contribution is 0.262. The molecule has 4 aromatic rings. The molecule has 2 aromatic carbocycles. The summed E-state index contributed by atoms with van der Waals surface area (Å²) in [5.74, 6) is 3.54. The second-order valence-corrected chi connectivity index (χ2v) is 8.15. The molecule has 0 saturated carbocycles. The topological polar surface area (TPSA) is 108 Å². The summed E-state index contributed by atoms with van der Waals surface area (Å²) in [7, 11) is 1.57. The molecule has 0 radical (unpaired) electrons. The van der Waals surface area contributed by atoms with E-state index in [1.807, 2.05) is 0 Å². The van der Waals surface area contributed by atoms with Crippen LogP contribution >= 0.6 is 23.2 Å². The molecule has 0 fully saturated rings. The molecule has 182 valence electrons. The molecule has 2 amide bonds. The summed E-state index contributed by atoms with van der Waals surface area (Å²) >= 11 is 12.1. The Morgan fingerprint density at radius 2 is 1.94 bits per heavy atom. The number of nitrogens with zero attached hydrogens (tertiary/aromatic N) is 2. The van der Waals surface area contributed by atoms with Gasteiger partial charge in [0.2, 0.25) is 0 Å². The molecule has 0 aliphatic rings. The van der Waals surface area contributed by atoms with E-state index in [0.29, 0.717) is 69.7 Å². The number of methoxy groups -OCH3 is 1. The summed E-state index contributed by atoms with van der Waals surface area (Å²) in [6.07, 6.45) is 2.35. The zero-order chi connectivity index (χ0) is 24.8. The van der Waals surface area contributed by atoms with Crippen molar-refractivity contribution in [1.29, 1.82) is 0 Å². The molecular formula is C24H22Cl2N4O5. The maximum absolute atomic E-state index is 12.2. The molecule has 4 rings (SSSR count). The normalized spacial score (nSPS) is 10.7. The second kappa shape index (κ2) is 11.2. The van der Waals surface area contributed by atoms with E-state index in [9.17, 15) is 4.79 Å². The molecule has 0 bridgehead atoms. The van der Waals surface area contributed by atoms with E-state index in [4.69, 9.17) is 41.9 Å². The van der Waals surface area contributed by atoms with Gasteiger partial charge in [0.25, 0.3) is 0 Å². The molecule has 0 spiro atoms. The molecular weight excluding hydrogens is 495 g/mol. The van der Waals surface area contributed by atoms with Crippen molar-refractivity contribution in [2.45, 2.75) is 13.3 Å². The number of anilines is 2. The number of urea groups is 1. The minimum atomic E-state index is -0.509. The quantitative estimate of drug-likeness (QED) is 0.189. The number of pyridine rings is 1. The van der Waals surface area contributed by atoms with Crippen molar-refractivity contribution in [2.75, 3.05) is 30.2 Å². The SMILES string of the molecule is COc1cc2c(Oc3ccc(NC(=O)Nc4cc(C)on4)c(Cl)c3)ccnc2cc1OCCCCl. The van der Waals surface area contributed by atoms with Gasteiger partial charge in [0.15, 0.2) is 17.3 Å². The van der Waals surface area contributed by atoms with Crippen LogP contribution in [0.5, 0.6) is 23.0 Å². The maximum Gasteiger partial charge on any atom is 0.324 e. The molecule has 0 saturated heterocycles. The fourth-order valence-corrected chi connectivity index (χ4v) is 3.54. The van der Waals surface area contributed by atoms with E-state index in [1.54, 1.807) is 62.7 Å². The number of amides is 2. The number of aryl methyl sites for hydroxylation is 1. The summed E-state index contributed by atoms with van der Waals surface area (Å²) in [6.45, 7) is 2.19. The molecule has 35 heavy (non-hydrogen) atoms. The van der Waals surface area contributed by atoms with Crippen LogP contribution in [0.4, 0.5) is 16.3 Å². The van der Waals surface area contributed by atoms with Crippen LogP contribution in [0.25, 0.3) is 10.9 Å². The third-order valence-corrected chi connectivity index (χ3v) is 5.39. The lowest BCUT2D eigenvalue weighted by Gasteiger charge is -2.14. The van der Waals surface area contributed by atoms with Crippen molar-refractivity contribution in [3.05, 3.63) is 59.4 Å². The number of fused-ring (bicyclic) bond motifs is 1. The van der Waals surface area contributed by atoms with Gasteiger partial charge < -0.3 is 24.1 Å². The summed E-state index contributed by atoms with van der Waals surface area (Å²) in [4.78, 5) is 16.6. The molecule has 2 N–H and O–H groups in total. The van der Waals surface area contributed by atoms with Gasteiger partial charge in [-0.15, -0.1) is 11.6 Å². The largest absolute Gasteiger partial charge is 0.493 e. The predicted octanol–water partition coefficient (Wildman–Crippen LogP) is 6.64. The van der Waals surface area contributed by atoms with E-state index in [-0.39, 0.29) is 0 Å². The summed E-state index contributed by atoms with van der Waals surface area (Å²) in [5.41, 5.74) is 1.07. The standard InChI is InChI=1S/C24H22Cl2N4O5/c1-14-10-23(30-35-14)29-24(31)28-18-5-4-15(11-17(18)26)34-20-6-8-27-19-13-22(33-9-3-7-25)21(32-2)12-16(19)20/h4-6,8,10-13H,3,7,9H2,1-2H3,(H2,28,29,30,31). The summed E-state index contributed by atoms with van der Waals surface area (Å²) in [5, 5.41) is 9.96. The van der Waals surface area contributed by atoms with Crippen molar-refractivity contribution in [3.63, 3.8) is 0 Å². The highest BCUT2D eigenvalue weighted by molar-refractivity contribution is 6.34. The number of alkyl halides is 1. The van der Waals surface area contributed by atoms with Gasteiger partial charge >= 0.3 is 6.03 Å². The number of ether oxygens (including phenoxy) is 3. The van der Waals surface area contributed by atoms with Gasteiger partial charge in [0.05, 0.1) is 29.9 Å². The van der Waals surface area contributed by atoms with Gasteiger partial charge in [0, 0.05) is 35.7 Å². The molecule has 0 aliphatic carbocycles. The number of halogens is 2. The minimum absolute atomic E-state index is 0.292. The molecule has 0 aliphatic heterocycles. The minimum Gasteiger partial charge on any atom is -0.493 e. The number of benzene rings is 2. The van der Waals surface area contributed by atoms with Gasteiger partial charge in [-0.2, -0.15) is 0 Å². The Morgan fingerprint density at radius 1 is 1.09 bits per heavy atom. The average molecular weight is 517 g/mol. The Kier molecular flexibility index (Phi) is 7.79. The molecule has 9 nitrogen and oxygen atoms in total. The number of aromatic nitrogens is 2. The van der Waals surface area contributed by atoms with Crippen LogP contribution in [0.2, 0.25) is 5.02 Å². The highest BCUT2D eigenvalue weighted by Crippen LogP contribution is 2.38. The van der Waals surface area contributed by atoms with Gasteiger partial charge in [-0.05, 0) is 37.6 Å².